The number of hydrogen-bond donors (Lipinski definition) is 1. The number of anilines is 1. The molecule has 1 aromatic carbocycles. The molecule has 1 amide bonds. The number of rotatable bonds is 8. The number of carbonyl (C=O) groups excluding carboxylic acids is 1. The molecule has 1 N–H and O–H groups in total. The molecule has 0 radical (unpaired) electrons. The Morgan fingerprint density at radius 3 is 2.82 bits per heavy atom. The lowest BCUT2D eigenvalue weighted by Gasteiger charge is -2.03. The molecule has 0 saturated heterocycles. The van der Waals surface area contributed by atoms with Crippen molar-refractivity contribution < 1.29 is 4.79 Å². The van der Waals surface area contributed by atoms with Crippen molar-refractivity contribution in [1.29, 1.82) is 0 Å². The van der Waals surface area contributed by atoms with Crippen molar-refractivity contribution in [3.05, 3.63) is 35.9 Å². The molecule has 0 aliphatic carbocycles. The van der Waals surface area contributed by atoms with Gasteiger partial charge >= 0.3 is 0 Å². The number of thioether (sulfide) groups is 1. The van der Waals surface area contributed by atoms with Crippen LogP contribution < -0.4 is 5.32 Å². The van der Waals surface area contributed by atoms with E-state index in [2.05, 4.69) is 41.5 Å². The largest absolute Gasteiger partial charge is 0.301 e. The van der Waals surface area contributed by atoms with Crippen LogP contribution in [0.1, 0.15) is 38.7 Å². The van der Waals surface area contributed by atoms with Gasteiger partial charge < -0.3 is 5.32 Å². The first-order chi connectivity index (χ1) is 10.7. The summed E-state index contributed by atoms with van der Waals surface area (Å²) in [5.74, 6) is 0.00664. The van der Waals surface area contributed by atoms with Crippen LogP contribution in [0.3, 0.4) is 0 Å². The lowest BCUT2D eigenvalue weighted by atomic mass is 10.1. The Hall–Kier alpha value is -1.40. The lowest BCUT2D eigenvalue weighted by Crippen LogP contribution is -2.11. The van der Waals surface area contributed by atoms with Gasteiger partial charge in [0.25, 0.3) is 0 Å². The number of aryl methyl sites for hydroxylation is 1. The van der Waals surface area contributed by atoms with Gasteiger partial charge in [-0.1, -0.05) is 67.3 Å². The molecular weight excluding hydrogens is 314 g/mol. The summed E-state index contributed by atoms with van der Waals surface area (Å²) in [6, 6.07) is 10.2. The van der Waals surface area contributed by atoms with E-state index in [1.165, 1.54) is 16.9 Å². The number of amides is 1. The molecule has 0 fully saturated rings. The van der Waals surface area contributed by atoms with E-state index < -0.39 is 0 Å². The summed E-state index contributed by atoms with van der Waals surface area (Å²) in [7, 11) is 0. The molecule has 4 nitrogen and oxygen atoms in total. The minimum Gasteiger partial charge on any atom is -0.301 e. The van der Waals surface area contributed by atoms with Crippen LogP contribution in [0.5, 0.6) is 0 Å². The Labute approximate surface area is 139 Å². The van der Waals surface area contributed by atoms with E-state index in [0.29, 0.717) is 16.8 Å². The number of benzene rings is 1. The van der Waals surface area contributed by atoms with Crippen LogP contribution in [0.2, 0.25) is 0 Å². The Kier molecular flexibility index (Phi) is 6.86. The summed E-state index contributed by atoms with van der Waals surface area (Å²) in [4.78, 5) is 11.9. The van der Waals surface area contributed by atoms with Crippen LogP contribution in [0, 0.1) is 0 Å². The van der Waals surface area contributed by atoms with E-state index in [1.807, 2.05) is 18.2 Å². The summed E-state index contributed by atoms with van der Waals surface area (Å²) >= 11 is 3.14. The molecular formula is C16H21N3OS2. The highest BCUT2D eigenvalue weighted by Gasteiger charge is 2.10. The lowest BCUT2D eigenvalue weighted by molar-refractivity contribution is -0.116. The fraction of sp³-hybridized carbons (Fsp3) is 0.438. The van der Waals surface area contributed by atoms with Gasteiger partial charge in [-0.25, -0.2) is 0 Å². The maximum atomic E-state index is 11.9. The van der Waals surface area contributed by atoms with Gasteiger partial charge in [0.2, 0.25) is 11.0 Å². The van der Waals surface area contributed by atoms with Crippen LogP contribution in [0.25, 0.3) is 0 Å². The van der Waals surface area contributed by atoms with E-state index in [4.69, 9.17) is 0 Å². The normalized spacial score (nSPS) is 12.1. The Bertz CT molecular complexity index is 586. The number of hydrogen-bond acceptors (Lipinski definition) is 5. The summed E-state index contributed by atoms with van der Waals surface area (Å²) in [5.41, 5.74) is 1.26. The van der Waals surface area contributed by atoms with Crippen molar-refractivity contribution in [3.8, 4) is 0 Å². The van der Waals surface area contributed by atoms with Crippen molar-refractivity contribution in [1.82, 2.24) is 10.2 Å². The van der Waals surface area contributed by atoms with Crippen LogP contribution in [-0.2, 0) is 11.2 Å². The Balaban J connectivity index is 1.73. The Morgan fingerprint density at radius 1 is 1.32 bits per heavy atom. The maximum Gasteiger partial charge on any atom is 0.226 e. The summed E-state index contributed by atoms with van der Waals surface area (Å²) in [5, 5.41) is 12.1. The van der Waals surface area contributed by atoms with Gasteiger partial charge in [-0.2, -0.15) is 0 Å². The number of nitrogens with zero attached hydrogens (tertiary/aromatic N) is 2. The second-order valence-electron chi connectivity index (χ2n) is 5.10. The van der Waals surface area contributed by atoms with Gasteiger partial charge in [-0.3, -0.25) is 4.79 Å². The molecule has 1 atom stereocenters. The third kappa shape index (κ3) is 5.77. The van der Waals surface area contributed by atoms with Crippen molar-refractivity contribution in [2.45, 2.75) is 49.1 Å². The van der Waals surface area contributed by atoms with Crippen LogP contribution in [-0.4, -0.2) is 21.4 Å². The van der Waals surface area contributed by atoms with Gasteiger partial charge in [0.05, 0.1) is 0 Å². The average molecular weight is 335 g/mol. The number of carbonyl (C=O) groups is 1. The number of nitrogens with one attached hydrogen (secondary N) is 1. The first-order valence-corrected chi connectivity index (χ1v) is 9.21. The zero-order valence-corrected chi connectivity index (χ0v) is 14.5. The van der Waals surface area contributed by atoms with E-state index in [1.54, 1.807) is 11.8 Å². The highest BCUT2D eigenvalue weighted by molar-refractivity contribution is 8.01. The fourth-order valence-electron chi connectivity index (χ4n) is 1.84. The smallest absolute Gasteiger partial charge is 0.226 e. The maximum absolute atomic E-state index is 11.9. The highest BCUT2D eigenvalue weighted by Crippen LogP contribution is 2.29. The molecule has 1 heterocycles. The monoisotopic (exact) mass is 335 g/mol. The first-order valence-electron chi connectivity index (χ1n) is 7.51. The Morgan fingerprint density at radius 2 is 2.09 bits per heavy atom. The van der Waals surface area contributed by atoms with Crippen molar-refractivity contribution >= 4 is 34.1 Å². The zero-order chi connectivity index (χ0) is 15.8. The van der Waals surface area contributed by atoms with Gasteiger partial charge in [-0.05, 0) is 24.8 Å². The fourth-order valence-corrected chi connectivity index (χ4v) is 3.86. The topological polar surface area (TPSA) is 54.9 Å². The summed E-state index contributed by atoms with van der Waals surface area (Å²) < 4.78 is 0.911. The summed E-state index contributed by atoms with van der Waals surface area (Å²) in [6.07, 6.45) is 3.34. The molecule has 6 heteroatoms. The molecule has 118 valence electrons. The van der Waals surface area contributed by atoms with Gasteiger partial charge in [0, 0.05) is 11.7 Å². The van der Waals surface area contributed by atoms with E-state index in [-0.39, 0.29) is 5.91 Å². The molecule has 2 rings (SSSR count). The minimum absolute atomic E-state index is 0.00664. The highest BCUT2D eigenvalue weighted by atomic mass is 32.2. The zero-order valence-electron chi connectivity index (χ0n) is 12.9. The van der Waals surface area contributed by atoms with E-state index in [0.717, 1.165) is 23.6 Å². The van der Waals surface area contributed by atoms with Crippen molar-refractivity contribution in [3.63, 3.8) is 0 Å². The molecule has 0 aliphatic heterocycles. The SMILES string of the molecule is CCC(C)Sc1nnc(NC(=O)CCCc2ccccc2)s1. The molecule has 0 bridgehead atoms. The quantitative estimate of drug-likeness (QED) is 0.574. The summed E-state index contributed by atoms with van der Waals surface area (Å²) in [6.45, 7) is 4.31. The first kappa shape index (κ1) is 17.0. The van der Waals surface area contributed by atoms with Crippen LogP contribution >= 0.6 is 23.1 Å². The molecule has 22 heavy (non-hydrogen) atoms. The van der Waals surface area contributed by atoms with Gasteiger partial charge in [0.1, 0.15) is 0 Å². The molecule has 1 aromatic heterocycles. The third-order valence-electron chi connectivity index (χ3n) is 3.24. The molecule has 2 aromatic rings. The van der Waals surface area contributed by atoms with Gasteiger partial charge in [0.15, 0.2) is 4.34 Å². The van der Waals surface area contributed by atoms with Crippen LogP contribution in [0.4, 0.5) is 5.13 Å². The second-order valence-corrected chi connectivity index (χ2v) is 7.76. The second kappa shape index (κ2) is 8.90. The van der Waals surface area contributed by atoms with Gasteiger partial charge in [-0.15, -0.1) is 10.2 Å². The van der Waals surface area contributed by atoms with Crippen LogP contribution in [0.15, 0.2) is 34.7 Å². The molecule has 0 saturated carbocycles. The number of aromatic nitrogens is 2. The third-order valence-corrected chi connectivity index (χ3v) is 5.43. The van der Waals surface area contributed by atoms with Crippen molar-refractivity contribution in [2.75, 3.05) is 5.32 Å². The predicted molar refractivity (Wildman–Crippen MR) is 93.5 cm³/mol. The molecule has 0 aliphatic rings. The molecule has 0 spiro atoms. The van der Waals surface area contributed by atoms with E-state index in [9.17, 15) is 4.79 Å². The van der Waals surface area contributed by atoms with Crippen molar-refractivity contribution in [2.24, 2.45) is 0 Å². The van der Waals surface area contributed by atoms with E-state index >= 15 is 0 Å². The predicted octanol–water partition coefficient (Wildman–Crippen LogP) is 4.39. The average Bonchev–Trinajstić information content (AvgIpc) is 2.95. The minimum atomic E-state index is 0.00664. The standard InChI is InChI=1S/C16H21N3OS2/c1-3-12(2)21-16-19-18-15(22-16)17-14(20)11-7-10-13-8-5-4-6-9-13/h4-6,8-9,12H,3,7,10-11H2,1-2H3,(H,17,18,20). The molecule has 1 unspecified atom stereocenters.